The van der Waals surface area contributed by atoms with Crippen molar-refractivity contribution in [2.24, 2.45) is 0 Å². The van der Waals surface area contributed by atoms with E-state index in [1.807, 2.05) is 60.7 Å². The number of methoxy groups -OCH3 is 1. The van der Waals surface area contributed by atoms with Gasteiger partial charge in [-0.1, -0.05) is 60.7 Å². The molecular formula is C26H25N5O. The lowest BCUT2D eigenvalue weighted by Gasteiger charge is -2.36. The molecule has 1 aromatic heterocycles. The van der Waals surface area contributed by atoms with Crippen molar-refractivity contribution in [1.29, 1.82) is 0 Å². The zero-order valence-electron chi connectivity index (χ0n) is 18.1. The number of hydrogen-bond donors (Lipinski definition) is 0. The van der Waals surface area contributed by atoms with Crippen LogP contribution in [0.4, 0.5) is 11.6 Å². The van der Waals surface area contributed by atoms with Crippen LogP contribution in [0, 0.1) is 0 Å². The quantitative estimate of drug-likeness (QED) is 0.470. The van der Waals surface area contributed by atoms with E-state index in [1.165, 1.54) is 5.69 Å². The van der Waals surface area contributed by atoms with Crippen molar-refractivity contribution < 1.29 is 4.74 Å². The van der Waals surface area contributed by atoms with Crippen LogP contribution in [0.15, 0.2) is 84.9 Å². The smallest absolute Gasteiger partial charge is 0.246 e. The Hall–Kier alpha value is -3.93. The Kier molecular flexibility index (Phi) is 5.66. The van der Waals surface area contributed by atoms with Crippen LogP contribution in [0.2, 0.25) is 0 Å². The summed E-state index contributed by atoms with van der Waals surface area (Å²) >= 11 is 0. The van der Waals surface area contributed by atoms with Crippen LogP contribution in [0.25, 0.3) is 22.5 Å². The molecule has 1 saturated heterocycles. The Balaban J connectivity index is 1.40. The molecule has 1 fully saturated rings. The standard InChI is InChI=1S/C26H25N5O/c1-32-23-14-12-22(13-15-23)30-16-18-31(19-17-30)26-27-24(20-8-4-2-5-9-20)25(28-29-26)21-10-6-3-7-11-21/h2-15H,16-19H2,1H3. The molecule has 0 amide bonds. The summed E-state index contributed by atoms with van der Waals surface area (Å²) in [5.41, 5.74) is 4.92. The molecule has 0 spiro atoms. The lowest BCUT2D eigenvalue weighted by Crippen LogP contribution is -2.47. The zero-order chi connectivity index (χ0) is 21.8. The van der Waals surface area contributed by atoms with Gasteiger partial charge in [0.1, 0.15) is 17.1 Å². The Bertz CT molecular complexity index is 1160. The molecule has 0 bridgehead atoms. The van der Waals surface area contributed by atoms with Gasteiger partial charge in [0.05, 0.1) is 7.11 Å². The van der Waals surface area contributed by atoms with Crippen LogP contribution in [-0.2, 0) is 0 Å². The SMILES string of the molecule is COc1ccc(N2CCN(c3nnc(-c4ccccc4)c(-c4ccccc4)n3)CC2)cc1. The third-order valence-electron chi connectivity index (χ3n) is 5.77. The van der Waals surface area contributed by atoms with Crippen molar-refractivity contribution in [2.45, 2.75) is 0 Å². The summed E-state index contributed by atoms with van der Waals surface area (Å²) in [6.07, 6.45) is 0. The third kappa shape index (κ3) is 4.12. The van der Waals surface area contributed by atoms with Gasteiger partial charge in [0.25, 0.3) is 0 Å². The van der Waals surface area contributed by atoms with Gasteiger partial charge in [-0.25, -0.2) is 4.98 Å². The highest BCUT2D eigenvalue weighted by atomic mass is 16.5. The molecule has 0 N–H and O–H groups in total. The van der Waals surface area contributed by atoms with Gasteiger partial charge in [-0.15, -0.1) is 10.2 Å². The van der Waals surface area contributed by atoms with E-state index in [9.17, 15) is 0 Å². The van der Waals surface area contributed by atoms with Crippen molar-refractivity contribution in [3.63, 3.8) is 0 Å². The summed E-state index contributed by atoms with van der Waals surface area (Å²) in [4.78, 5) is 9.57. The summed E-state index contributed by atoms with van der Waals surface area (Å²) in [7, 11) is 1.69. The van der Waals surface area contributed by atoms with Gasteiger partial charge in [0.15, 0.2) is 0 Å². The molecule has 1 aliphatic rings. The second-order valence-electron chi connectivity index (χ2n) is 7.71. The van der Waals surface area contributed by atoms with Crippen molar-refractivity contribution in [1.82, 2.24) is 15.2 Å². The molecule has 4 aromatic rings. The molecule has 6 heteroatoms. The first-order chi connectivity index (χ1) is 15.8. The van der Waals surface area contributed by atoms with Crippen LogP contribution in [0.3, 0.4) is 0 Å². The Morgan fingerprint density at radius 3 is 1.78 bits per heavy atom. The predicted octanol–water partition coefficient (Wildman–Crippen LogP) is 4.54. The normalized spacial score (nSPS) is 13.8. The van der Waals surface area contributed by atoms with Gasteiger partial charge in [-0.05, 0) is 24.3 Å². The van der Waals surface area contributed by atoms with Gasteiger partial charge in [0.2, 0.25) is 5.95 Å². The lowest BCUT2D eigenvalue weighted by molar-refractivity contribution is 0.415. The Morgan fingerprint density at radius 2 is 1.19 bits per heavy atom. The molecule has 0 atom stereocenters. The van der Waals surface area contributed by atoms with E-state index >= 15 is 0 Å². The maximum atomic E-state index is 5.27. The molecule has 160 valence electrons. The molecule has 3 aromatic carbocycles. The molecule has 2 heterocycles. The van der Waals surface area contributed by atoms with Crippen LogP contribution < -0.4 is 14.5 Å². The van der Waals surface area contributed by atoms with Crippen molar-refractivity contribution in [3.8, 4) is 28.3 Å². The fourth-order valence-electron chi connectivity index (χ4n) is 4.00. The van der Waals surface area contributed by atoms with E-state index in [1.54, 1.807) is 7.11 Å². The minimum atomic E-state index is 0.679. The third-order valence-corrected chi connectivity index (χ3v) is 5.77. The molecule has 32 heavy (non-hydrogen) atoms. The van der Waals surface area contributed by atoms with E-state index in [4.69, 9.17) is 9.72 Å². The van der Waals surface area contributed by atoms with Crippen LogP contribution in [0.5, 0.6) is 5.75 Å². The fourth-order valence-corrected chi connectivity index (χ4v) is 4.00. The van der Waals surface area contributed by atoms with Gasteiger partial charge in [0, 0.05) is 43.0 Å². The highest BCUT2D eigenvalue weighted by Gasteiger charge is 2.22. The topological polar surface area (TPSA) is 54.4 Å². The molecule has 5 rings (SSSR count). The average Bonchev–Trinajstić information content (AvgIpc) is 2.89. The van der Waals surface area contributed by atoms with Crippen molar-refractivity contribution >= 4 is 11.6 Å². The zero-order valence-corrected chi connectivity index (χ0v) is 18.1. The molecule has 0 radical (unpaired) electrons. The number of rotatable bonds is 5. The number of anilines is 2. The van der Waals surface area contributed by atoms with E-state index in [0.717, 1.165) is 54.4 Å². The van der Waals surface area contributed by atoms with Crippen LogP contribution >= 0.6 is 0 Å². The van der Waals surface area contributed by atoms with E-state index in [0.29, 0.717) is 5.95 Å². The van der Waals surface area contributed by atoms with Crippen molar-refractivity contribution in [3.05, 3.63) is 84.9 Å². The van der Waals surface area contributed by atoms with Gasteiger partial charge >= 0.3 is 0 Å². The van der Waals surface area contributed by atoms with Crippen molar-refractivity contribution in [2.75, 3.05) is 43.1 Å². The number of ether oxygens (including phenoxy) is 1. The Labute approximate surface area is 188 Å². The summed E-state index contributed by atoms with van der Waals surface area (Å²) in [6.45, 7) is 3.48. The molecule has 0 saturated carbocycles. The molecule has 0 unspecified atom stereocenters. The molecule has 6 nitrogen and oxygen atoms in total. The summed E-state index contributed by atoms with van der Waals surface area (Å²) < 4.78 is 5.27. The predicted molar refractivity (Wildman–Crippen MR) is 128 cm³/mol. The maximum Gasteiger partial charge on any atom is 0.246 e. The monoisotopic (exact) mass is 423 g/mol. The van der Waals surface area contributed by atoms with Crippen LogP contribution in [0.1, 0.15) is 0 Å². The average molecular weight is 424 g/mol. The summed E-state index contributed by atoms with van der Waals surface area (Å²) in [6, 6.07) is 28.5. The van der Waals surface area contributed by atoms with Gasteiger partial charge < -0.3 is 14.5 Å². The molecule has 0 aliphatic carbocycles. The first-order valence-corrected chi connectivity index (χ1v) is 10.8. The number of benzene rings is 3. The highest BCUT2D eigenvalue weighted by molar-refractivity contribution is 5.78. The summed E-state index contributed by atoms with van der Waals surface area (Å²) in [5, 5.41) is 9.13. The van der Waals surface area contributed by atoms with E-state index in [2.05, 4.69) is 44.3 Å². The van der Waals surface area contributed by atoms with Gasteiger partial charge in [-0.2, -0.15) is 0 Å². The number of nitrogens with zero attached hydrogens (tertiary/aromatic N) is 5. The van der Waals surface area contributed by atoms with E-state index in [-0.39, 0.29) is 0 Å². The lowest BCUT2D eigenvalue weighted by atomic mass is 10.0. The fraction of sp³-hybridized carbons (Fsp3) is 0.192. The number of piperazine rings is 1. The first-order valence-electron chi connectivity index (χ1n) is 10.8. The van der Waals surface area contributed by atoms with Crippen LogP contribution in [-0.4, -0.2) is 48.5 Å². The molecular weight excluding hydrogens is 398 g/mol. The summed E-state index contributed by atoms with van der Waals surface area (Å²) in [5.74, 6) is 1.55. The maximum absolute atomic E-state index is 5.27. The largest absolute Gasteiger partial charge is 0.497 e. The second kappa shape index (κ2) is 9.06. The number of aromatic nitrogens is 3. The molecule has 1 aliphatic heterocycles. The second-order valence-corrected chi connectivity index (χ2v) is 7.71. The van der Waals surface area contributed by atoms with Gasteiger partial charge in [-0.3, -0.25) is 0 Å². The number of hydrogen-bond acceptors (Lipinski definition) is 6. The first kappa shape index (κ1) is 20.0. The highest BCUT2D eigenvalue weighted by Crippen LogP contribution is 2.30. The minimum absolute atomic E-state index is 0.679. The minimum Gasteiger partial charge on any atom is -0.497 e. The Morgan fingerprint density at radius 1 is 0.625 bits per heavy atom. The van der Waals surface area contributed by atoms with E-state index < -0.39 is 0 Å².